The highest BCUT2D eigenvalue weighted by Crippen LogP contribution is 2.22. The first-order valence-electron chi connectivity index (χ1n) is 7.45. The molecule has 0 aliphatic carbocycles. The molecule has 2 aromatic rings. The highest BCUT2D eigenvalue weighted by atomic mass is 16.3. The second-order valence-corrected chi connectivity index (χ2v) is 5.50. The predicted octanol–water partition coefficient (Wildman–Crippen LogP) is 1.31. The Balaban J connectivity index is 1.85. The molecule has 1 unspecified atom stereocenters. The smallest absolute Gasteiger partial charge is 0.160 e. The quantitative estimate of drug-likeness (QED) is 0.893. The standard InChI is InChI=1S/C15H22N4O/c1-2-18-7-5-12(11-18)10-14-17-13-4-3-6-16-15(13)19(14)8-9-20/h3-4,6,12,20H,2,5,7-11H2,1H3. The Kier molecular flexibility index (Phi) is 3.98. The van der Waals surface area contributed by atoms with Crippen LogP contribution >= 0.6 is 0 Å². The molecule has 1 fully saturated rings. The van der Waals surface area contributed by atoms with Crippen LogP contribution in [0.3, 0.4) is 0 Å². The number of hydrogen-bond donors (Lipinski definition) is 1. The molecule has 2 aromatic heterocycles. The van der Waals surface area contributed by atoms with Crippen molar-refractivity contribution in [3.63, 3.8) is 0 Å². The minimum atomic E-state index is 0.126. The van der Waals surface area contributed by atoms with Gasteiger partial charge in [-0.25, -0.2) is 9.97 Å². The van der Waals surface area contributed by atoms with E-state index >= 15 is 0 Å². The number of imidazole rings is 1. The maximum Gasteiger partial charge on any atom is 0.160 e. The number of aliphatic hydroxyl groups excluding tert-OH is 1. The first-order valence-corrected chi connectivity index (χ1v) is 7.45. The molecule has 1 aliphatic heterocycles. The molecule has 0 amide bonds. The molecule has 3 rings (SSSR count). The second kappa shape index (κ2) is 5.89. The number of nitrogens with zero attached hydrogens (tertiary/aromatic N) is 4. The van der Waals surface area contributed by atoms with Crippen LogP contribution in [0.1, 0.15) is 19.2 Å². The van der Waals surface area contributed by atoms with Gasteiger partial charge in [-0.3, -0.25) is 0 Å². The van der Waals surface area contributed by atoms with E-state index in [1.165, 1.54) is 13.0 Å². The fourth-order valence-corrected chi connectivity index (χ4v) is 3.12. The van der Waals surface area contributed by atoms with Gasteiger partial charge in [0.05, 0.1) is 6.61 Å². The summed E-state index contributed by atoms with van der Waals surface area (Å²) in [7, 11) is 0. The van der Waals surface area contributed by atoms with Crippen molar-refractivity contribution in [2.45, 2.75) is 26.3 Å². The lowest BCUT2D eigenvalue weighted by Crippen LogP contribution is -2.21. The Hall–Kier alpha value is -1.46. The SMILES string of the molecule is CCN1CCC(Cc2nc3cccnc3n2CCO)C1. The molecule has 3 heterocycles. The zero-order chi connectivity index (χ0) is 13.9. The van der Waals surface area contributed by atoms with Gasteiger partial charge in [0, 0.05) is 25.7 Å². The maximum atomic E-state index is 9.28. The Morgan fingerprint density at radius 3 is 3.10 bits per heavy atom. The summed E-state index contributed by atoms with van der Waals surface area (Å²) in [4.78, 5) is 11.6. The van der Waals surface area contributed by atoms with Gasteiger partial charge in [0.25, 0.3) is 0 Å². The van der Waals surface area contributed by atoms with E-state index in [2.05, 4.69) is 21.4 Å². The average molecular weight is 274 g/mol. The summed E-state index contributed by atoms with van der Waals surface area (Å²) in [6.45, 7) is 6.40. The normalized spacial score (nSPS) is 20.0. The number of pyridine rings is 1. The summed E-state index contributed by atoms with van der Waals surface area (Å²) in [5.74, 6) is 1.74. The van der Waals surface area contributed by atoms with E-state index in [1.54, 1.807) is 6.20 Å². The molecule has 0 radical (unpaired) electrons. The van der Waals surface area contributed by atoms with E-state index < -0.39 is 0 Å². The van der Waals surface area contributed by atoms with Gasteiger partial charge in [-0.15, -0.1) is 0 Å². The Morgan fingerprint density at radius 1 is 1.45 bits per heavy atom. The van der Waals surface area contributed by atoms with Gasteiger partial charge >= 0.3 is 0 Å². The fraction of sp³-hybridized carbons (Fsp3) is 0.600. The van der Waals surface area contributed by atoms with Crippen LogP contribution in [0.15, 0.2) is 18.3 Å². The molecule has 20 heavy (non-hydrogen) atoms. The van der Waals surface area contributed by atoms with Crippen molar-refractivity contribution in [2.75, 3.05) is 26.2 Å². The highest BCUT2D eigenvalue weighted by Gasteiger charge is 2.23. The van der Waals surface area contributed by atoms with Crippen molar-refractivity contribution in [3.05, 3.63) is 24.2 Å². The highest BCUT2D eigenvalue weighted by molar-refractivity contribution is 5.71. The number of hydrogen-bond acceptors (Lipinski definition) is 4. The number of aromatic nitrogens is 3. The van der Waals surface area contributed by atoms with Gasteiger partial charge in [-0.05, 0) is 37.6 Å². The lowest BCUT2D eigenvalue weighted by molar-refractivity contribution is 0.274. The van der Waals surface area contributed by atoms with Crippen LogP contribution in [0, 0.1) is 5.92 Å². The topological polar surface area (TPSA) is 54.2 Å². The van der Waals surface area contributed by atoms with E-state index in [0.717, 1.165) is 36.5 Å². The number of aliphatic hydroxyl groups is 1. The number of likely N-dealkylation sites (tertiary alicyclic amines) is 1. The lowest BCUT2D eigenvalue weighted by atomic mass is 10.0. The molecule has 1 aliphatic rings. The maximum absolute atomic E-state index is 9.28. The van der Waals surface area contributed by atoms with Crippen molar-refractivity contribution < 1.29 is 5.11 Å². The Labute approximate surface area is 119 Å². The third kappa shape index (κ3) is 2.55. The Morgan fingerprint density at radius 2 is 2.35 bits per heavy atom. The molecule has 0 aromatic carbocycles. The second-order valence-electron chi connectivity index (χ2n) is 5.50. The van der Waals surface area contributed by atoms with Gasteiger partial charge in [0.15, 0.2) is 5.65 Å². The molecule has 108 valence electrons. The van der Waals surface area contributed by atoms with Crippen LogP contribution in [0.25, 0.3) is 11.2 Å². The summed E-state index contributed by atoms with van der Waals surface area (Å²) in [5, 5.41) is 9.28. The minimum Gasteiger partial charge on any atom is -0.395 e. The van der Waals surface area contributed by atoms with Crippen LogP contribution in [0.2, 0.25) is 0 Å². The largest absolute Gasteiger partial charge is 0.395 e. The summed E-state index contributed by atoms with van der Waals surface area (Å²) in [5.41, 5.74) is 1.82. The van der Waals surface area contributed by atoms with Crippen LogP contribution in [0.4, 0.5) is 0 Å². The third-order valence-corrected chi connectivity index (χ3v) is 4.19. The summed E-state index contributed by atoms with van der Waals surface area (Å²) >= 11 is 0. The van der Waals surface area contributed by atoms with E-state index in [0.29, 0.717) is 12.5 Å². The fourth-order valence-electron chi connectivity index (χ4n) is 3.12. The van der Waals surface area contributed by atoms with E-state index in [1.807, 2.05) is 12.1 Å². The van der Waals surface area contributed by atoms with Gasteiger partial charge in [-0.2, -0.15) is 0 Å². The zero-order valence-electron chi connectivity index (χ0n) is 12.0. The molecule has 0 saturated carbocycles. The first kappa shape index (κ1) is 13.5. The Bertz CT molecular complexity index is 580. The molecule has 1 N–H and O–H groups in total. The summed E-state index contributed by atoms with van der Waals surface area (Å²) < 4.78 is 2.07. The van der Waals surface area contributed by atoms with Crippen molar-refractivity contribution in [1.29, 1.82) is 0 Å². The van der Waals surface area contributed by atoms with Crippen molar-refractivity contribution >= 4 is 11.2 Å². The van der Waals surface area contributed by atoms with E-state index in [-0.39, 0.29) is 6.61 Å². The van der Waals surface area contributed by atoms with E-state index in [4.69, 9.17) is 4.98 Å². The van der Waals surface area contributed by atoms with Crippen LogP contribution in [-0.4, -0.2) is 50.8 Å². The van der Waals surface area contributed by atoms with Gasteiger partial charge in [0.2, 0.25) is 0 Å². The number of fused-ring (bicyclic) bond motifs is 1. The van der Waals surface area contributed by atoms with Gasteiger partial charge in [0.1, 0.15) is 11.3 Å². The average Bonchev–Trinajstić information content (AvgIpc) is 3.05. The monoisotopic (exact) mass is 274 g/mol. The minimum absolute atomic E-state index is 0.126. The van der Waals surface area contributed by atoms with E-state index in [9.17, 15) is 5.11 Å². The van der Waals surface area contributed by atoms with Crippen LogP contribution < -0.4 is 0 Å². The molecule has 0 spiro atoms. The first-order chi connectivity index (χ1) is 9.81. The van der Waals surface area contributed by atoms with Gasteiger partial charge < -0.3 is 14.6 Å². The van der Waals surface area contributed by atoms with Crippen molar-refractivity contribution in [3.8, 4) is 0 Å². The number of rotatable bonds is 5. The predicted molar refractivity (Wildman–Crippen MR) is 78.5 cm³/mol. The molecule has 5 heteroatoms. The molecular formula is C15H22N4O. The summed E-state index contributed by atoms with van der Waals surface area (Å²) in [6.07, 6.45) is 4.01. The molecule has 1 atom stereocenters. The molecular weight excluding hydrogens is 252 g/mol. The van der Waals surface area contributed by atoms with Gasteiger partial charge in [-0.1, -0.05) is 6.92 Å². The third-order valence-electron chi connectivity index (χ3n) is 4.19. The van der Waals surface area contributed by atoms with Crippen molar-refractivity contribution in [1.82, 2.24) is 19.4 Å². The molecule has 0 bridgehead atoms. The van der Waals surface area contributed by atoms with Crippen LogP contribution in [-0.2, 0) is 13.0 Å². The molecule has 1 saturated heterocycles. The summed E-state index contributed by atoms with van der Waals surface area (Å²) in [6, 6.07) is 3.91. The lowest BCUT2D eigenvalue weighted by Gasteiger charge is -2.13. The zero-order valence-corrected chi connectivity index (χ0v) is 12.0. The van der Waals surface area contributed by atoms with Crippen molar-refractivity contribution in [2.24, 2.45) is 5.92 Å². The molecule has 5 nitrogen and oxygen atoms in total. The van der Waals surface area contributed by atoms with Crippen LogP contribution in [0.5, 0.6) is 0 Å².